The maximum atomic E-state index is 13.4. The Bertz CT molecular complexity index is 1370. The largest absolute Gasteiger partial charge is 0.416 e. The van der Waals surface area contributed by atoms with Gasteiger partial charge >= 0.3 is 12.4 Å². The van der Waals surface area contributed by atoms with E-state index in [1.54, 1.807) is 0 Å². The first-order chi connectivity index (χ1) is 16.5. The number of sulfone groups is 1. The number of carbonyl (C=O) groups is 1. The summed E-state index contributed by atoms with van der Waals surface area (Å²) in [4.78, 5) is 21.5. The molecule has 0 unspecified atom stereocenters. The second-order valence-corrected chi connectivity index (χ2v) is 9.68. The van der Waals surface area contributed by atoms with Crippen LogP contribution in [-0.2, 0) is 28.7 Å². The van der Waals surface area contributed by atoms with Crippen LogP contribution in [0.4, 0.5) is 30.7 Å². The smallest absolute Gasteiger partial charge is 0.337 e. The van der Waals surface area contributed by atoms with E-state index in [2.05, 4.69) is 9.97 Å². The maximum Gasteiger partial charge on any atom is 0.416 e. The Morgan fingerprint density at radius 2 is 1.47 bits per heavy atom. The zero-order chi connectivity index (χ0) is 27.1. The van der Waals surface area contributed by atoms with E-state index in [0.29, 0.717) is 12.1 Å². The number of amides is 1. The molecule has 0 atom stereocenters. The van der Waals surface area contributed by atoms with Crippen LogP contribution in [0.1, 0.15) is 27.0 Å². The van der Waals surface area contributed by atoms with Crippen LogP contribution >= 0.6 is 0 Å². The third-order valence-corrected chi connectivity index (χ3v) is 5.72. The molecule has 6 nitrogen and oxygen atoms in total. The molecular formula is C22H16F7N3O3S. The van der Waals surface area contributed by atoms with E-state index in [1.807, 2.05) is 0 Å². The van der Waals surface area contributed by atoms with Gasteiger partial charge in [-0.25, -0.2) is 22.8 Å². The van der Waals surface area contributed by atoms with Gasteiger partial charge in [-0.3, -0.25) is 4.79 Å². The van der Waals surface area contributed by atoms with Crippen LogP contribution in [0.5, 0.6) is 0 Å². The number of nitrogens with zero attached hydrogens (tertiary/aromatic N) is 3. The molecule has 14 heteroatoms. The van der Waals surface area contributed by atoms with E-state index in [0.717, 1.165) is 36.5 Å². The van der Waals surface area contributed by atoms with Crippen molar-refractivity contribution in [2.45, 2.75) is 24.1 Å². The first kappa shape index (κ1) is 27.0. The van der Waals surface area contributed by atoms with Crippen LogP contribution in [-0.4, -0.2) is 42.5 Å². The highest BCUT2D eigenvalue weighted by molar-refractivity contribution is 7.90. The minimum Gasteiger partial charge on any atom is -0.337 e. The third kappa shape index (κ3) is 6.17. The highest BCUT2D eigenvalue weighted by Crippen LogP contribution is 2.36. The van der Waals surface area contributed by atoms with Crippen LogP contribution in [0.2, 0.25) is 0 Å². The topological polar surface area (TPSA) is 80.2 Å². The number of benzene rings is 2. The number of hydrogen-bond donors (Lipinski definition) is 0. The molecule has 0 aliphatic carbocycles. The molecular weight excluding hydrogens is 519 g/mol. The molecule has 1 heterocycles. The van der Waals surface area contributed by atoms with Gasteiger partial charge in [0.15, 0.2) is 0 Å². The van der Waals surface area contributed by atoms with Gasteiger partial charge in [-0.1, -0.05) is 0 Å². The van der Waals surface area contributed by atoms with Crippen LogP contribution in [0.25, 0.3) is 11.3 Å². The summed E-state index contributed by atoms with van der Waals surface area (Å²) >= 11 is 0. The van der Waals surface area contributed by atoms with E-state index < -0.39 is 62.3 Å². The molecule has 0 saturated heterocycles. The van der Waals surface area contributed by atoms with Gasteiger partial charge < -0.3 is 4.90 Å². The van der Waals surface area contributed by atoms with E-state index in [1.165, 1.54) is 12.1 Å². The molecule has 1 aromatic heterocycles. The van der Waals surface area contributed by atoms with E-state index >= 15 is 0 Å². The normalized spacial score (nSPS) is 12.5. The lowest BCUT2D eigenvalue weighted by atomic mass is 10.0. The molecule has 0 spiro atoms. The van der Waals surface area contributed by atoms with Gasteiger partial charge in [0, 0.05) is 31.6 Å². The van der Waals surface area contributed by atoms with Crippen molar-refractivity contribution in [3.63, 3.8) is 0 Å². The minimum atomic E-state index is -5.07. The molecule has 0 N–H and O–H groups in total. The van der Waals surface area contributed by atoms with Crippen molar-refractivity contribution < 1.29 is 43.9 Å². The molecule has 0 aliphatic heterocycles. The summed E-state index contributed by atoms with van der Waals surface area (Å²) in [5.41, 5.74) is -3.94. The number of alkyl halides is 6. The Labute approximate surface area is 200 Å². The minimum absolute atomic E-state index is 0.0320. The summed E-state index contributed by atoms with van der Waals surface area (Å²) in [6, 6.07) is 5.42. The predicted molar refractivity (Wildman–Crippen MR) is 113 cm³/mol. The molecule has 0 radical (unpaired) electrons. The van der Waals surface area contributed by atoms with Crippen LogP contribution < -0.4 is 0 Å². The third-order valence-electron chi connectivity index (χ3n) is 4.86. The van der Waals surface area contributed by atoms with Crippen LogP contribution in [0, 0.1) is 5.82 Å². The molecule has 0 saturated carbocycles. The Kier molecular flexibility index (Phi) is 7.12. The molecule has 1 amide bonds. The van der Waals surface area contributed by atoms with Crippen LogP contribution in [0.3, 0.4) is 0 Å². The lowest BCUT2D eigenvalue weighted by molar-refractivity contribution is -0.143. The summed E-state index contributed by atoms with van der Waals surface area (Å²) in [5, 5.41) is -0.645. The highest BCUT2D eigenvalue weighted by Gasteiger charge is 2.37. The van der Waals surface area contributed by atoms with Gasteiger partial charge in [0.2, 0.25) is 15.0 Å². The Morgan fingerprint density at radius 3 is 1.94 bits per heavy atom. The zero-order valence-electron chi connectivity index (χ0n) is 18.4. The Morgan fingerprint density at radius 1 is 0.944 bits per heavy atom. The summed E-state index contributed by atoms with van der Waals surface area (Å²) in [7, 11) is -2.80. The van der Waals surface area contributed by atoms with E-state index in [4.69, 9.17) is 0 Å². The fraction of sp³-hybridized carbons (Fsp3) is 0.227. The van der Waals surface area contributed by atoms with E-state index in [-0.39, 0.29) is 22.9 Å². The average molecular weight is 535 g/mol. The van der Waals surface area contributed by atoms with Crippen molar-refractivity contribution in [3.05, 3.63) is 76.7 Å². The Balaban J connectivity index is 2.05. The first-order valence-electron chi connectivity index (χ1n) is 9.83. The van der Waals surface area contributed by atoms with E-state index in [9.17, 15) is 43.9 Å². The van der Waals surface area contributed by atoms with Gasteiger partial charge in [0.05, 0.1) is 22.4 Å². The lowest BCUT2D eigenvalue weighted by Crippen LogP contribution is -2.28. The zero-order valence-corrected chi connectivity index (χ0v) is 19.3. The number of rotatable bonds is 5. The van der Waals surface area contributed by atoms with Crippen molar-refractivity contribution >= 4 is 15.7 Å². The monoisotopic (exact) mass is 535 g/mol. The fourth-order valence-corrected chi connectivity index (χ4v) is 3.69. The lowest BCUT2D eigenvalue weighted by Gasteiger charge is -2.21. The van der Waals surface area contributed by atoms with Crippen LogP contribution in [0.15, 0.2) is 53.8 Å². The van der Waals surface area contributed by atoms with Gasteiger partial charge in [0.1, 0.15) is 5.82 Å². The van der Waals surface area contributed by atoms with Crippen molar-refractivity contribution in [1.82, 2.24) is 14.9 Å². The summed E-state index contributed by atoms with van der Waals surface area (Å²) in [5.74, 6) is -1.56. The fourth-order valence-electron chi connectivity index (χ4n) is 3.19. The summed E-state index contributed by atoms with van der Waals surface area (Å²) < 4.78 is 116. The molecule has 0 aliphatic rings. The molecule has 3 aromatic rings. The molecule has 192 valence electrons. The number of carbonyl (C=O) groups excluding carboxylic acids is 1. The summed E-state index contributed by atoms with van der Waals surface area (Å²) in [6.45, 7) is -0.664. The molecule has 36 heavy (non-hydrogen) atoms. The first-order valence-corrected chi connectivity index (χ1v) is 11.7. The Hall–Kier alpha value is -3.55. The summed E-state index contributed by atoms with van der Waals surface area (Å²) in [6.07, 6.45) is -8.45. The van der Waals surface area contributed by atoms with Crippen molar-refractivity contribution in [1.29, 1.82) is 0 Å². The van der Waals surface area contributed by atoms with Gasteiger partial charge in [-0.15, -0.1) is 0 Å². The number of hydrogen-bond acceptors (Lipinski definition) is 5. The van der Waals surface area contributed by atoms with Crippen molar-refractivity contribution in [3.8, 4) is 11.3 Å². The van der Waals surface area contributed by atoms with Gasteiger partial charge in [-0.2, -0.15) is 26.3 Å². The van der Waals surface area contributed by atoms with Crippen molar-refractivity contribution in [2.75, 3.05) is 13.3 Å². The molecule has 0 fully saturated rings. The van der Waals surface area contributed by atoms with Gasteiger partial charge in [0.25, 0.3) is 5.91 Å². The SMILES string of the molecule is CN(Cc1cc(C(F)(F)F)cc(C(F)(F)F)c1)C(=O)c1cnc(S(C)(=O)=O)nc1-c1ccc(F)cc1. The van der Waals surface area contributed by atoms with Crippen molar-refractivity contribution in [2.24, 2.45) is 0 Å². The standard InChI is InChI=1S/C22H16F7N3O3S/c1-32(11-12-7-14(21(24,25)26)9-15(8-12)22(27,28)29)19(33)17-10-30-20(36(2,34)35)31-18(17)13-3-5-16(23)6-4-13/h3-10H,11H2,1-2H3. The quantitative estimate of drug-likeness (QED) is 0.340. The highest BCUT2D eigenvalue weighted by atomic mass is 32.2. The molecule has 3 rings (SSSR count). The second-order valence-electron chi connectivity index (χ2n) is 7.77. The average Bonchev–Trinajstić information content (AvgIpc) is 2.76. The maximum absolute atomic E-state index is 13.4. The number of halogens is 7. The van der Waals surface area contributed by atoms with Gasteiger partial charge in [-0.05, 0) is 48.0 Å². The second kappa shape index (κ2) is 9.48. The predicted octanol–water partition coefficient (Wildman–Crippen LogP) is 5.00. The molecule has 2 aromatic carbocycles. The molecule has 0 bridgehead atoms. The number of aromatic nitrogens is 2.